The number of rotatable bonds is 3. The lowest BCUT2D eigenvalue weighted by molar-refractivity contribution is 0.0697. The van der Waals surface area contributed by atoms with Gasteiger partial charge in [-0.15, -0.1) is 6.42 Å². The molecule has 0 amide bonds. The Bertz CT molecular complexity index is 423. The average molecular weight is 224 g/mol. The molecule has 0 bridgehead atoms. The smallest absolute Gasteiger partial charge is 0.335 e. The molecule has 78 valence electrons. The van der Waals surface area contributed by atoms with E-state index >= 15 is 0 Å². The van der Waals surface area contributed by atoms with Crippen molar-refractivity contribution in [3.63, 3.8) is 0 Å². The Morgan fingerprint density at radius 1 is 1.67 bits per heavy atom. The number of hydrogen-bond acceptors (Lipinski definition) is 2. The second-order valence-electron chi connectivity index (χ2n) is 3.03. The lowest BCUT2D eigenvalue weighted by atomic mass is 10.2. The zero-order valence-corrected chi connectivity index (χ0v) is 8.95. The molecule has 0 saturated carbocycles. The monoisotopic (exact) mass is 223 g/mol. The molecule has 0 unspecified atom stereocenters. The van der Waals surface area contributed by atoms with Crippen LogP contribution in [0.2, 0.25) is 5.02 Å². The zero-order valence-electron chi connectivity index (χ0n) is 8.20. The Balaban J connectivity index is 3.03. The maximum atomic E-state index is 10.7. The van der Waals surface area contributed by atoms with Crippen LogP contribution in [-0.2, 0) is 0 Å². The van der Waals surface area contributed by atoms with Crippen molar-refractivity contribution in [2.45, 2.75) is 0 Å². The van der Waals surface area contributed by atoms with Crippen molar-refractivity contribution in [2.75, 3.05) is 18.5 Å². The number of aromatic carboxylic acids is 1. The Kier molecular flexibility index (Phi) is 3.59. The van der Waals surface area contributed by atoms with Crippen LogP contribution in [0, 0.1) is 12.3 Å². The number of carboxylic acids is 1. The van der Waals surface area contributed by atoms with Gasteiger partial charge in [0.15, 0.2) is 0 Å². The molecule has 1 aromatic rings. The number of hydrogen-bond donors (Lipinski definition) is 1. The van der Waals surface area contributed by atoms with Gasteiger partial charge in [0.05, 0.1) is 22.8 Å². The zero-order chi connectivity index (χ0) is 11.4. The van der Waals surface area contributed by atoms with E-state index in [1.165, 1.54) is 12.1 Å². The van der Waals surface area contributed by atoms with E-state index < -0.39 is 5.97 Å². The standard InChI is InChI=1S/C11H10ClNO2/c1-3-6-13(2)10-5-4-8(11(14)15)7-9(10)12/h1,4-5,7H,6H2,2H3,(H,14,15). The molecule has 15 heavy (non-hydrogen) atoms. The largest absolute Gasteiger partial charge is 0.478 e. The summed E-state index contributed by atoms with van der Waals surface area (Å²) in [6, 6.07) is 4.55. The van der Waals surface area contributed by atoms with Crippen LogP contribution in [-0.4, -0.2) is 24.7 Å². The maximum absolute atomic E-state index is 10.7. The Morgan fingerprint density at radius 2 is 2.33 bits per heavy atom. The van der Waals surface area contributed by atoms with Crippen molar-refractivity contribution < 1.29 is 9.90 Å². The predicted octanol–water partition coefficient (Wildman–Crippen LogP) is 2.11. The highest BCUT2D eigenvalue weighted by molar-refractivity contribution is 6.33. The molecule has 0 aliphatic heterocycles. The van der Waals surface area contributed by atoms with Crippen molar-refractivity contribution in [1.29, 1.82) is 0 Å². The Labute approximate surface area is 93.3 Å². The minimum absolute atomic E-state index is 0.165. The normalized spacial score (nSPS) is 9.40. The van der Waals surface area contributed by atoms with Crippen LogP contribution >= 0.6 is 11.6 Å². The molecule has 0 heterocycles. The van der Waals surface area contributed by atoms with Gasteiger partial charge in [-0.3, -0.25) is 0 Å². The third-order valence-electron chi connectivity index (χ3n) is 1.93. The molecule has 1 aromatic carbocycles. The fourth-order valence-electron chi connectivity index (χ4n) is 1.17. The molecule has 0 radical (unpaired) electrons. The molecule has 0 atom stereocenters. The molecule has 4 heteroatoms. The molecule has 1 rings (SSSR count). The van der Waals surface area contributed by atoms with Crippen LogP contribution in [0.15, 0.2) is 18.2 Å². The summed E-state index contributed by atoms with van der Waals surface area (Å²) in [6.07, 6.45) is 5.17. The minimum Gasteiger partial charge on any atom is -0.478 e. The fraction of sp³-hybridized carbons (Fsp3) is 0.182. The van der Waals surface area contributed by atoms with Crippen LogP contribution in [0.3, 0.4) is 0 Å². The molecule has 0 saturated heterocycles. The number of anilines is 1. The van der Waals surface area contributed by atoms with E-state index in [1.807, 2.05) is 0 Å². The van der Waals surface area contributed by atoms with Crippen molar-refractivity contribution in [2.24, 2.45) is 0 Å². The van der Waals surface area contributed by atoms with Gasteiger partial charge in [-0.05, 0) is 18.2 Å². The first-order chi connectivity index (χ1) is 7.06. The third-order valence-corrected chi connectivity index (χ3v) is 2.24. The molecular weight excluding hydrogens is 214 g/mol. The number of carboxylic acid groups (broad SMARTS) is 1. The van der Waals surface area contributed by atoms with E-state index in [2.05, 4.69) is 5.92 Å². The molecule has 0 fully saturated rings. The van der Waals surface area contributed by atoms with Crippen LogP contribution in [0.4, 0.5) is 5.69 Å². The maximum Gasteiger partial charge on any atom is 0.335 e. The second-order valence-corrected chi connectivity index (χ2v) is 3.44. The third kappa shape index (κ3) is 2.64. The number of carbonyl (C=O) groups is 1. The van der Waals surface area contributed by atoms with Crippen molar-refractivity contribution in [3.8, 4) is 12.3 Å². The molecule has 0 spiro atoms. The number of benzene rings is 1. The summed E-state index contributed by atoms with van der Waals surface area (Å²) in [5.41, 5.74) is 0.887. The number of nitrogens with zero attached hydrogens (tertiary/aromatic N) is 1. The van der Waals surface area contributed by atoms with Gasteiger partial charge in [-0.25, -0.2) is 4.79 Å². The predicted molar refractivity (Wildman–Crippen MR) is 60.5 cm³/mol. The van der Waals surface area contributed by atoms with E-state index in [-0.39, 0.29) is 5.56 Å². The summed E-state index contributed by atoms with van der Waals surface area (Å²) in [6.45, 7) is 0.423. The summed E-state index contributed by atoms with van der Waals surface area (Å²) in [5.74, 6) is 1.48. The summed E-state index contributed by atoms with van der Waals surface area (Å²) in [7, 11) is 1.79. The van der Waals surface area contributed by atoms with Crippen molar-refractivity contribution in [3.05, 3.63) is 28.8 Å². The molecule has 1 N–H and O–H groups in total. The fourth-order valence-corrected chi connectivity index (χ4v) is 1.50. The first-order valence-electron chi connectivity index (χ1n) is 4.23. The van der Waals surface area contributed by atoms with Crippen molar-refractivity contribution >= 4 is 23.3 Å². The Morgan fingerprint density at radius 3 is 2.80 bits per heavy atom. The second kappa shape index (κ2) is 4.72. The van der Waals surface area contributed by atoms with Gasteiger partial charge >= 0.3 is 5.97 Å². The highest BCUT2D eigenvalue weighted by atomic mass is 35.5. The minimum atomic E-state index is -0.997. The van der Waals surface area contributed by atoms with Gasteiger partial charge in [0.2, 0.25) is 0 Å². The quantitative estimate of drug-likeness (QED) is 0.798. The first-order valence-corrected chi connectivity index (χ1v) is 4.61. The average Bonchev–Trinajstić information content (AvgIpc) is 2.17. The molecule has 0 aliphatic carbocycles. The topological polar surface area (TPSA) is 40.5 Å². The highest BCUT2D eigenvalue weighted by Gasteiger charge is 2.09. The van der Waals surface area contributed by atoms with Gasteiger partial charge < -0.3 is 10.0 Å². The van der Waals surface area contributed by atoms with E-state index in [4.69, 9.17) is 23.1 Å². The van der Waals surface area contributed by atoms with Gasteiger partial charge in [-0.2, -0.15) is 0 Å². The van der Waals surface area contributed by atoms with E-state index in [0.717, 1.165) is 5.69 Å². The van der Waals surface area contributed by atoms with Crippen LogP contribution in [0.25, 0.3) is 0 Å². The van der Waals surface area contributed by atoms with E-state index in [9.17, 15) is 4.79 Å². The number of halogens is 1. The number of terminal acetylenes is 1. The van der Waals surface area contributed by atoms with Gasteiger partial charge in [0.1, 0.15) is 0 Å². The summed E-state index contributed by atoms with van der Waals surface area (Å²) in [5, 5.41) is 9.12. The van der Waals surface area contributed by atoms with Crippen LogP contribution in [0.5, 0.6) is 0 Å². The summed E-state index contributed by atoms with van der Waals surface area (Å²) >= 11 is 5.93. The Hall–Kier alpha value is -1.66. The first kappa shape index (κ1) is 11.4. The lowest BCUT2D eigenvalue weighted by Gasteiger charge is -2.17. The van der Waals surface area contributed by atoms with E-state index in [0.29, 0.717) is 11.6 Å². The molecule has 3 nitrogen and oxygen atoms in total. The molecule has 0 aromatic heterocycles. The van der Waals surface area contributed by atoms with Gasteiger partial charge in [0, 0.05) is 7.05 Å². The SMILES string of the molecule is C#CCN(C)c1ccc(C(=O)O)cc1Cl. The molecular formula is C11H10ClNO2. The summed E-state index contributed by atoms with van der Waals surface area (Å²) < 4.78 is 0. The van der Waals surface area contributed by atoms with Crippen LogP contribution < -0.4 is 4.90 Å². The highest BCUT2D eigenvalue weighted by Crippen LogP contribution is 2.25. The molecule has 0 aliphatic rings. The van der Waals surface area contributed by atoms with Crippen molar-refractivity contribution in [1.82, 2.24) is 0 Å². The van der Waals surface area contributed by atoms with Gasteiger partial charge in [-0.1, -0.05) is 17.5 Å². The van der Waals surface area contributed by atoms with E-state index in [1.54, 1.807) is 18.0 Å². The van der Waals surface area contributed by atoms with Gasteiger partial charge in [0.25, 0.3) is 0 Å². The summed E-state index contributed by atoms with van der Waals surface area (Å²) in [4.78, 5) is 12.4. The lowest BCUT2D eigenvalue weighted by Crippen LogP contribution is -2.17. The van der Waals surface area contributed by atoms with Crippen LogP contribution in [0.1, 0.15) is 10.4 Å².